The third kappa shape index (κ3) is 4.45. The van der Waals surface area contributed by atoms with Crippen LogP contribution in [0.2, 0.25) is 0 Å². The molecule has 8 heteroatoms. The van der Waals surface area contributed by atoms with E-state index in [2.05, 4.69) is 10.3 Å². The average Bonchev–Trinajstić information content (AvgIpc) is 2.81. The summed E-state index contributed by atoms with van der Waals surface area (Å²) < 4.78 is 11.3. The van der Waals surface area contributed by atoms with E-state index >= 15 is 0 Å². The van der Waals surface area contributed by atoms with Crippen LogP contribution in [0.4, 0.5) is 10.9 Å². The van der Waals surface area contributed by atoms with Crippen molar-refractivity contribution in [3.8, 4) is 0 Å². The number of nitrogen functional groups attached to an aromatic ring is 1. The lowest BCUT2D eigenvalue weighted by atomic mass is 10.4. The normalized spacial score (nSPS) is 12.2. The lowest BCUT2D eigenvalue weighted by molar-refractivity contribution is 0.0961. The third-order valence-electron chi connectivity index (χ3n) is 2.82. The fourth-order valence-electron chi connectivity index (χ4n) is 1.62. The van der Waals surface area contributed by atoms with Crippen LogP contribution in [0.25, 0.3) is 0 Å². The Balaban J connectivity index is 2.66. The monoisotopic (exact) mass is 318 g/mol. The first kappa shape index (κ1) is 16.9. The summed E-state index contributed by atoms with van der Waals surface area (Å²) in [6, 6.07) is 0. The Morgan fingerprint density at radius 1 is 1.40 bits per heavy atom. The number of carbonyl (C=O) groups excluding carboxylic acids is 1. The topological polar surface area (TPSA) is 88.3 Å². The van der Waals surface area contributed by atoms with E-state index in [0.29, 0.717) is 22.9 Å². The van der Waals surface area contributed by atoms with Crippen LogP contribution in [0.3, 0.4) is 0 Å². The summed E-state index contributed by atoms with van der Waals surface area (Å²) in [6.07, 6.45) is 0. The van der Waals surface area contributed by atoms with Crippen molar-refractivity contribution in [2.45, 2.75) is 20.8 Å². The predicted molar refractivity (Wildman–Crippen MR) is 86.0 cm³/mol. The highest BCUT2D eigenvalue weighted by Crippen LogP contribution is 2.27. The Morgan fingerprint density at radius 3 is 2.60 bits per heavy atom. The van der Waals surface area contributed by atoms with Crippen molar-refractivity contribution < 1.29 is 9.00 Å². The van der Waals surface area contributed by atoms with Crippen molar-refractivity contribution in [3.05, 3.63) is 4.88 Å². The van der Waals surface area contributed by atoms with Gasteiger partial charge in [0.2, 0.25) is 0 Å². The molecule has 1 aromatic heterocycles. The average molecular weight is 318 g/mol. The molecule has 1 heterocycles. The molecule has 1 aromatic rings. The molecule has 1 amide bonds. The molecule has 0 bridgehead atoms. The largest absolute Gasteiger partial charge is 0.382 e. The molecular weight excluding hydrogens is 296 g/mol. The lowest BCUT2D eigenvalue weighted by Crippen LogP contribution is -2.27. The number of amides is 1. The van der Waals surface area contributed by atoms with Gasteiger partial charge >= 0.3 is 0 Å². The second-order valence-electron chi connectivity index (χ2n) is 4.07. The van der Waals surface area contributed by atoms with Gasteiger partial charge in [-0.3, -0.25) is 9.00 Å². The van der Waals surface area contributed by atoms with Gasteiger partial charge in [-0.1, -0.05) is 18.3 Å². The molecule has 0 radical (unpaired) electrons. The Kier molecular flexibility index (Phi) is 6.94. The van der Waals surface area contributed by atoms with Crippen LogP contribution in [0.5, 0.6) is 0 Å². The smallest absolute Gasteiger partial charge is 0.265 e. The SMILES string of the molecule is CCN(CC)c1nc(N)c(C(=O)NCCS(=O)CC)s1. The zero-order valence-corrected chi connectivity index (χ0v) is 13.8. The minimum absolute atomic E-state index is 0.244. The van der Waals surface area contributed by atoms with Crippen LogP contribution in [-0.4, -0.2) is 46.2 Å². The van der Waals surface area contributed by atoms with Crippen molar-refractivity contribution in [1.82, 2.24) is 10.3 Å². The van der Waals surface area contributed by atoms with Crippen molar-refractivity contribution in [2.75, 3.05) is 41.8 Å². The van der Waals surface area contributed by atoms with Gasteiger partial charge < -0.3 is 16.0 Å². The van der Waals surface area contributed by atoms with E-state index in [9.17, 15) is 9.00 Å². The van der Waals surface area contributed by atoms with Crippen molar-refractivity contribution in [1.29, 1.82) is 0 Å². The first-order valence-electron chi connectivity index (χ1n) is 6.67. The van der Waals surface area contributed by atoms with E-state index < -0.39 is 10.8 Å². The van der Waals surface area contributed by atoms with E-state index in [-0.39, 0.29) is 11.7 Å². The zero-order chi connectivity index (χ0) is 15.1. The summed E-state index contributed by atoms with van der Waals surface area (Å²) in [5.74, 6) is 1.08. The van der Waals surface area contributed by atoms with E-state index in [1.54, 1.807) is 0 Å². The van der Waals surface area contributed by atoms with Crippen LogP contribution in [0.1, 0.15) is 30.4 Å². The van der Waals surface area contributed by atoms with Gasteiger partial charge in [-0.15, -0.1) is 0 Å². The van der Waals surface area contributed by atoms with Gasteiger partial charge in [-0.2, -0.15) is 0 Å². The van der Waals surface area contributed by atoms with Crippen LogP contribution in [-0.2, 0) is 10.8 Å². The standard InChI is InChI=1S/C12H22N4O2S2/c1-4-16(5-2)12-15-10(13)9(19-12)11(17)14-7-8-20(18)6-3/h4-8,13H2,1-3H3,(H,14,17). The molecule has 114 valence electrons. The quantitative estimate of drug-likeness (QED) is 0.748. The first-order chi connectivity index (χ1) is 9.53. The number of nitrogens with zero attached hydrogens (tertiary/aromatic N) is 2. The molecule has 3 N–H and O–H groups in total. The van der Waals surface area contributed by atoms with Crippen molar-refractivity contribution in [3.63, 3.8) is 0 Å². The fraction of sp³-hybridized carbons (Fsp3) is 0.667. The number of hydrogen-bond donors (Lipinski definition) is 2. The summed E-state index contributed by atoms with van der Waals surface area (Å²) in [7, 11) is -0.877. The van der Waals surface area contributed by atoms with Gasteiger partial charge in [-0.25, -0.2) is 4.98 Å². The highest BCUT2D eigenvalue weighted by Gasteiger charge is 2.18. The fourth-order valence-corrected chi connectivity index (χ4v) is 3.26. The highest BCUT2D eigenvalue weighted by atomic mass is 32.2. The first-order valence-corrected chi connectivity index (χ1v) is 8.98. The van der Waals surface area contributed by atoms with E-state index in [1.807, 2.05) is 25.7 Å². The van der Waals surface area contributed by atoms with Gasteiger partial charge in [0.1, 0.15) is 10.7 Å². The van der Waals surface area contributed by atoms with Crippen molar-refractivity contribution >= 4 is 39.0 Å². The second-order valence-corrected chi connectivity index (χ2v) is 6.91. The number of hydrogen-bond acceptors (Lipinski definition) is 6. The molecule has 0 aromatic carbocycles. The molecular formula is C12H22N4O2S2. The summed E-state index contributed by atoms with van der Waals surface area (Å²) in [6.45, 7) is 7.94. The van der Waals surface area contributed by atoms with Gasteiger partial charge in [-0.05, 0) is 13.8 Å². The lowest BCUT2D eigenvalue weighted by Gasteiger charge is -2.16. The van der Waals surface area contributed by atoms with Gasteiger partial charge in [0.15, 0.2) is 5.13 Å². The molecule has 0 aliphatic heterocycles. The maximum Gasteiger partial charge on any atom is 0.265 e. The number of carbonyl (C=O) groups is 1. The van der Waals surface area contributed by atoms with Gasteiger partial charge in [0.05, 0.1) is 0 Å². The molecule has 0 saturated heterocycles. The van der Waals surface area contributed by atoms with E-state index in [4.69, 9.17) is 5.73 Å². The molecule has 0 aliphatic carbocycles. The van der Waals surface area contributed by atoms with Gasteiger partial charge in [0.25, 0.3) is 5.91 Å². The molecule has 1 atom stereocenters. The molecule has 20 heavy (non-hydrogen) atoms. The molecule has 1 unspecified atom stereocenters. The van der Waals surface area contributed by atoms with Crippen molar-refractivity contribution in [2.24, 2.45) is 0 Å². The molecule has 1 rings (SSSR count). The second kappa shape index (κ2) is 8.21. The number of thiazole rings is 1. The minimum Gasteiger partial charge on any atom is -0.382 e. The summed E-state index contributed by atoms with van der Waals surface area (Å²) in [4.78, 5) is 18.7. The van der Waals surface area contributed by atoms with Crippen LogP contribution >= 0.6 is 11.3 Å². The molecule has 0 spiro atoms. The third-order valence-corrected chi connectivity index (χ3v) is 5.25. The molecule has 0 aliphatic rings. The Morgan fingerprint density at radius 2 is 2.05 bits per heavy atom. The summed E-state index contributed by atoms with van der Waals surface area (Å²) in [5.41, 5.74) is 5.80. The Labute approximate surface area is 126 Å². The van der Waals surface area contributed by atoms with Crippen LogP contribution in [0.15, 0.2) is 0 Å². The molecule has 0 saturated carbocycles. The van der Waals surface area contributed by atoms with Crippen LogP contribution in [0, 0.1) is 0 Å². The maximum absolute atomic E-state index is 12.0. The Hall–Kier alpha value is -1.15. The zero-order valence-electron chi connectivity index (χ0n) is 12.1. The number of nitrogens with two attached hydrogens (primary N) is 1. The molecule has 6 nitrogen and oxygen atoms in total. The number of nitrogens with one attached hydrogen (secondary N) is 1. The van der Waals surface area contributed by atoms with E-state index in [0.717, 1.165) is 18.2 Å². The minimum atomic E-state index is -0.877. The maximum atomic E-state index is 12.0. The number of rotatable bonds is 8. The van der Waals surface area contributed by atoms with Gasteiger partial charge in [0, 0.05) is 41.9 Å². The highest BCUT2D eigenvalue weighted by molar-refractivity contribution is 7.84. The molecule has 0 fully saturated rings. The van der Waals surface area contributed by atoms with Crippen LogP contribution < -0.4 is 16.0 Å². The predicted octanol–water partition coefficient (Wildman–Crippen LogP) is 1.07. The Bertz CT molecular complexity index is 472. The number of anilines is 2. The summed E-state index contributed by atoms with van der Waals surface area (Å²) >= 11 is 1.29. The number of aromatic nitrogens is 1. The summed E-state index contributed by atoms with van der Waals surface area (Å²) in [5, 5.41) is 3.49. The van der Waals surface area contributed by atoms with E-state index in [1.165, 1.54) is 11.3 Å².